The SMILES string of the molecule is C=Nc1c(C=C(C)C)cc(Cl)cc1N1CCNCC1. The number of aliphatic imine (C=N–C) groups is 1. The molecular formula is C15H20ClN3. The molecule has 0 spiro atoms. The van der Waals surface area contributed by atoms with Gasteiger partial charge in [-0.3, -0.25) is 4.99 Å². The van der Waals surface area contributed by atoms with Crippen LogP contribution in [0.25, 0.3) is 6.08 Å². The maximum absolute atomic E-state index is 6.25. The van der Waals surface area contributed by atoms with E-state index in [1.165, 1.54) is 5.57 Å². The van der Waals surface area contributed by atoms with Crippen molar-refractivity contribution in [1.29, 1.82) is 0 Å². The summed E-state index contributed by atoms with van der Waals surface area (Å²) < 4.78 is 0. The molecule has 2 rings (SSSR count). The maximum Gasteiger partial charge on any atom is 0.0929 e. The molecule has 1 aliphatic heterocycles. The van der Waals surface area contributed by atoms with Gasteiger partial charge in [0.25, 0.3) is 0 Å². The second-order valence-corrected chi connectivity index (χ2v) is 5.42. The van der Waals surface area contributed by atoms with E-state index in [1.807, 2.05) is 12.1 Å². The highest BCUT2D eigenvalue weighted by atomic mass is 35.5. The summed E-state index contributed by atoms with van der Waals surface area (Å²) in [4.78, 5) is 6.54. The van der Waals surface area contributed by atoms with Crippen LogP contribution >= 0.6 is 11.6 Å². The Labute approximate surface area is 120 Å². The molecular weight excluding hydrogens is 258 g/mol. The molecule has 0 aromatic heterocycles. The van der Waals surface area contributed by atoms with E-state index in [4.69, 9.17) is 11.6 Å². The number of piperazine rings is 1. The largest absolute Gasteiger partial charge is 0.367 e. The number of rotatable bonds is 3. The lowest BCUT2D eigenvalue weighted by molar-refractivity contribution is 0.589. The second-order valence-electron chi connectivity index (χ2n) is 4.98. The van der Waals surface area contributed by atoms with Gasteiger partial charge in [0.1, 0.15) is 0 Å². The van der Waals surface area contributed by atoms with Crippen LogP contribution in [0, 0.1) is 0 Å². The summed E-state index contributed by atoms with van der Waals surface area (Å²) in [5.41, 5.74) is 4.26. The number of anilines is 1. The van der Waals surface area contributed by atoms with Crippen LogP contribution in [0.4, 0.5) is 11.4 Å². The lowest BCUT2D eigenvalue weighted by Crippen LogP contribution is -2.43. The topological polar surface area (TPSA) is 27.6 Å². The van der Waals surface area contributed by atoms with Gasteiger partial charge in [0.05, 0.1) is 11.4 Å². The lowest BCUT2D eigenvalue weighted by Gasteiger charge is -2.31. The van der Waals surface area contributed by atoms with Gasteiger partial charge >= 0.3 is 0 Å². The van der Waals surface area contributed by atoms with E-state index in [0.29, 0.717) is 0 Å². The minimum atomic E-state index is 0.744. The van der Waals surface area contributed by atoms with Gasteiger partial charge in [0, 0.05) is 36.8 Å². The molecule has 1 heterocycles. The second kappa shape index (κ2) is 6.22. The Morgan fingerprint density at radius 1 is 1.37 bits per heavy atom. The van der Waals surface area contributed by atoms with Crippen molar-refractivity contribution in [3.8, 4) is 0 Å². The van der Waals surface area contributed by atoms with Crippen molar-refractivity contribution in [1.82, 2.24) is 5.32 Å². The smallest absolute Gasteiger partial charge is 0.0929 e. The third-order valence-corrected chi connectivity index (χ3v) is 3.36. The predicted molar refractivity (Wildman–Crippen MR) is 85.1 cm³/mol. The van der Waals surface area contributed by atoms with Gasteiger partial charge in [-0.15, -0.1) is 0 Å². The molecule has 1 fully saturated rings. The zero-order valence-corrected chi connectivity index (χ0v) is 12.3. The van der Waals surface area contributed by atoms with Crippen molar-refractivity contribution in [3.63, 3.8) is 0 Å². The van der Waals surface area contributed by atoms with Crippen LogP contribution in [0.5, 0.6) is 0 Å². The van der Waals surface area contributed by atoms with Gasteiger partial charge in [-0.05, 0) is 32.7 Å². The van der Waals surface area contributed by atoms with Gasteiger partial charge in [-0.1, -0.05) is 23.3 Å². The first kappa shape index (κ1) is 14.1. The summed E-state index contributed by atoms with van der Waals surface area (Å²) in [6, 6.07) is 3.93. The molecule has 0 bridgehead atoms. The van der Waals surface area contributed by atoms with E-state index < -0.39 is 0 Å². The standard InChI is InChI=1S/C15H20ClN3/c1-11(2)8-12-9-13(16)10-14(15(12)17-3)19-6-4-18-5-7-19/h8-10,18H,3-7H2,1-2H3. The minimum Gasteiger partial charge on any atom is -0.367 e. The highest BCUT2D eigenvalue weighted by Gasteiger charge is 2.16. The molecule has 1 aromatic carbocycles. The predicted octanol–water partition coefficient (Wildman–Crippen LogP) is 3.50. The van der Waals surface area contributed by atoms with Crippen LogP contribution in [-0.4, -0.2) is 32.9 Å². The van der Waals surface area contributed by atoms with E-state index in [1.54, 1.807) is 0 Å². The minimum absolute atomic E-state index is 0.744. The third-order valence-electron chi connectivity index (χ3n) is 3.14. The molecule has 0 atom stereocenters. The number of nitrogens with one attached hydrogen (secondary N) is 1. The fourth-order valence-corrected chi connectivity index (χ4v) is 2.57. The van der Waals surface area contributed by atoms with Crippen molar-refractivity contribution in [2.45, 2.75) is 13.8 Å². The monoisotopic (exact) mass is 277 g/mol. The van der Waals surface area contributed by atoms with Crippen molar-refractivity contribution in [2.24, 2.45) is 4.99 Å². The first-order valence-corrected chi connectivity index (χ1v) is 6.90. The molecule has 1 aliphatic rings. The number of hydrogen-bond donors (Lipinski definition) is 1. The maximum atomic E-state index is 6.25. The highest BCUT2D eigenvalue weighted by Crippen LogP contribution is 2.36. The van der Waals surface area contributed by atoms with Crippen LogP contribution in [-0.2, 0) is 0 Å². The molecule has 4 heteroatoms. The van der Waals surface area contributed by atoms with Crippen LogP contribution in [0.1, 0.15) is 19.4 Å². The summed E-state index contributed by atoms with van der Waals surface area (Å²) >= 11 is 6.25. The van der Waals surface area contributed by atoms with Gasteiger partial charge < -0.3 is 10.2 Å². The summed E-state index contributed by atoms with van der Waals surface area (Å²) in [5.74, 6) is 0. The van der Waals surface area contributed by atoms with Crippen LogP contribution < -0.4 is 10.2 Å². The fourth-order valence-electron chi connectivity index (χ4n) is 2.35. The summed E-state index contributed by atoms with van der Waals surface area (Å²) in [7, 11) is 0. The van der Waals surface area contributed by atoms with E-state index in [2.05, 4.69) is 41.9 Å². The van der Waals surface area contributed by atoms with E-state index in [9.17, 15) is 0 Å². The Hall–Kier alpha value is -1.32. The molecule has 0 aliphatic carbocycles. The fraction of sp³-hybridized carbons (Fsp3) is 0.400. The average molecular weight is 278 g/mol. The zero-order chi connectivity index (χ0) is 13.8. The first-order chi connectivity index (χ1) is 9.11. The molecule has 1 aromatic rings. The zero-order valence-electron chi connectivity index (χ0n) is 11.5. The number of halogens is 1. The van der Waals surface area contributed by atoms with Crippen molar-refractivity contribution >= 4 is 35.8 Å². The van der Waals surface area contributed by atoms with Crippen LogP contribution in [0.15, 0.2) is 22.7 Å². The van der Waals surface area contributed by atoms with Gasteiger partial charge in [0.15, 0.2) is 0 Å². The van der Waals surface area contributed by atoms with Crippen molar-refractivity contribution < 1.29 is 0 Å². The Kier molecular flexibility index (Phi) is 4.61. The third kappa shape index (κ3) is 3.37. The van der Waals surface area contributed by atoms with E-state index >= 15 is 0 Å². The number of hydrogen-bond acceptors (Lipinski definition) is 3. The number of benzene rings is 1. The first-order valence-electron chi connectivity index (χ1n) is 6.52. The molecule has 102 valence electrons. The molecule has 19 heavy (non-hydrogen) atoms. The quantitative estimate of drug-likeness (QED) is 0.857. The van der Waals surface area contributed by atoms with Gasteiger partial charge in [-0.25, -0.2) is 0 Å². The molecule has 3 nitrogen and oxygen atoms in total. The normalized spacial score (nSPS) is 15.2. The highest BCUT2D eigenvalue weighted by molar-refractivity contribution is 6.31. The van der Waals surface area contributed by atoms with Crippen molar-refractivity contribution in [3.05, 3.63) is 28.3 Å². The Morgan fingerprint density at radius 3 is 2.63 bits per heavy atom. The van der Waals surface area contributed by atoms with E-state index in [-0.39, 0.29) is 0 Å². The van der Waals surface area contributed by atoms with Crippen molar-refractivity contribution in [2.75, 3.05) is 31.1 Å². The molecule has 1 saturated heterocycles. The Morgan fingerprint density at radius 2 is 2.05 bits per heavy atom. The van der Waals surface area contributed by atoms with Gasteiger partial charge in [0.2, 0.25) is 0 Å². The summed E-state index contributed by atoms with van der Waals surface area (Å²) in [5, 5.41) is 4.09. The molecule has 0 amide bonds. The average Bonchev–Trinajstić information content (AvgIpc) is 2.38. The summed E-state index contributed by atoms with van der Waals surface area (Å²) in [6.45, 7) is 11.8. The van der Waals surface area contributed by atoms with E-state index in [0.717, 1.165) is 48.1 Å². The summed E-state index contributed by atoms with van der Waals surface area (Å²) in [6.07, 6.45) is 2.10. The van der Waals surface area contributed by atoms with Crippen LogP contribution in [0.2, 0.25) is 5.02 Å². The Balaban J connectivity index is 2.49. The molecule has 0 unspecified atom stereocenters. The van der Waals surface area contributed by atoms with Gasteiger partial charge in [-0.2, -0.15) is 0 Å². The molecule has 0 radical (unpaired) electrons. The molecule has 1 N–H and O–H groups in total. The number of nitrogens with zero attached hydrogens (tertiary/aromatic N) is 2. The van der Waals surface area contributed by atoms with Crippen LogP contribution in [0.3, 0.4) is 0 Å². The number of allylic oxidation sites excluding steroid dienone is 1. The Bertz CT molecular complexity index is 498. The lowest BCUT2D eigenvalue weighted by atomic mass is 10.1. The molecule has 0 saturated carbocycles.